The molecule has 2 aromatic carbocycles. The van der Waals surface area contributed by atoms with Crippen molar-refractivity contribution in [1.82, 2.24) is 0 Å². The van der Waals surface area contributed by atoms with Gasteiger partial charge in [0.25, 0.3) is 0 Å². The molecule has 2 amide bonds. The number of hydrogen-bond donors (Lipinski definition) is 3. The van der Waals surface area contributed by atoms with E-state index in [1.807, 2.05) is 20.8 Å². The van der Waals surface area contributed by atoms with E-state index >= 15 is 0 Å². The predicted octanol–water partition coefficient (Wildman–Crippen LogP) is 4.51. The predicted molar refractivity (Wildman–Crippen MR) is 103 cm³/mol. The molecule has 0 fully saturated rings. The Hall–Kier alpha value is -2.60. The van der Waals surface area contributed by atoms with Crippen LogP contribution in [0.3, 0.4) is 0 Å². The van der Waals surface area contributed by atoms with Crippen LogP contribution in [0.4, 0.5) is 21.5 Å². The molecule has 3 N–H and O–H groups in total. The van der Waals surface area contributed by atoms with E-state index in [4.69, 9.17) is 11.6 Å². The van der Waals surface area contributed by atoms with E-state index in [-0.39, 0.29) is 23.2 Å². The third-order valence-electron chi connectivity index (χ3n) is 3.46. The molecular weight excluding hydrogens is 357 g/mol. The molecule has 0 spiro atoms. The van der Waals surface area contributed by atoms with E-state index in [0.29, 0.717) is 11.4 Å². The molecule has 5 nitrogen and oxygen atoms in total. The van der Waals surface area contributed by atoms with Gasteiger partial charge in [-0.3, -0.25) is 9.59 Å². The van der Waals surface area contributed by atoms with Crippen molar-refractivity contribution in [3.05, 3.63) is 53.3 Å². The maximum atomic E-state index is 13.7. The van der Waals surface area contributed by atoms with Crippen molar-refractivity contribution in [2.75, 3.05) is 22.5 Å². The van der Waals surface area contributed by atoms with Gasteiger partial charge in [0, 0.05) is 21.8 Å². The summed E-state index contributed by atoms with van der Waals surface area (Å²) in [6.45, 7) is 5.42. The smallest absolute Gasteiger partial charge is 0.243 e. The number of carbonyl (C=O) groups is 2. The highest BCUT2D eigenvalue weighted by Crippen LogP contribution is 2.21. The molecule has 2 rings (SSSR count). The molecule has 0 aliphatic carbocycles. The Balaban J connectivity index is 1.93. The molecule has 0 heterocycles. The van der Waals surface area contributed by atoms with Crippen molar-refractivity contribution in [2.45, 2.75) is 20.8 Å². The fourth-order valence-electron chi connectivity index (χ4n) is 1.99. The van der Waals surface area contributed by atoms with Crippen molar-refractivity contribution in [1.29, 1.82) is 0 Å². The third kappa shape index (κ3) is 5.74. The molecule has 0 unspecified atom stereocenters. The summed E-state index contributed by atoms with van der Waals surface area (Å²) in [7, 11) is 0. The summed E-state index contributed by atoms with van der Waals surface area (Å²) in [4.78, 5) is 24.0. The SMILES string of the molecule is CC(C)(C)C(=O)Nc1cccc(NCC(=O)Nc2ccc(Cl)cc2F)c1. The molecule has 0 saturated heterocycles. The van der Waals surface area contributed by atoms with Gasteiger partial charge in [-0.1, -0.05) is 38.4 Å². The van der Waals surface area contributed by atoms with Gasteiger partial charge in [-0.05, 0) is 36.4 Å². The van der Waals surface area contributed by atoms with Gasteiger partial charge in [0.1, 0.15) is 5.82 Å². The topological polar surface area (TPSA) is 70.2 Å². The number of carbonyl (C=O) groups excluding carboxylic acids is 2. The fourth-order valence-corrected chi connectivity index (χ4v) is 2.15. The maximum Gasteiger partial charge on any atom is 0.243 e. The molecule has 7 heteroatoms. The molecule has 0 aromatic heterocycles. The highest BCUT2D eigenvalue weighted by atomic mass is 35.5. The van der Waals surface area contributed by atoms with E-state index in [0.717, 1.165) is 6.07 Å². The average molecular weight is 378 g/mol. The van der Waals surface area contributed by atoms with Gasteiger partial charge in [0.05, 0.1) is 12.2 Å². The number of halogens is 2. The highest BCUT2D eigenvalue weighted by Gasteiger charge is 2.21. The first-order valence-electron chi connectivity index (χ1n) is 8.05. The van der Waals surface area contributed by atoms with Gasteiger partial charge in [-0.25, -0.2) is 4.39 Å². The third-order valence-corrected chi connectivity index (χ3v) is 3.70. The second kappa shape index (κ2) is 8.19. The molecule has 0 radical (unpaired) electrons. The number of amides is 2. The zero-order valence-corrected chi connectivity index (χ0v) is 15.6. The van der Waals surface area contributed by atoms with Crippen molar-refractivity contribution in [3.63, 3.8) is 0 Å². The first-order valence-corrected chi connectivity index (χ1v) is 8.43. The Bertz CT molecular complexity index is 819. The second-order valence-corrected chi connectivity index (χ2v) is 7.25. The van der Waals surface area contributed by atoms with Crippen LogP contribution < -0.4 is 16.0 Å². The standard InChI is InChI=1S/C19H21ClFN3O2/c1-19(2,3)18(26)23-14-6-4-5-13(10-14)22-11-17(25)24-16-8-7-12(20)9-15(16)21/h4-10,22H,11H2,1-3H3,(H,23,26)(H,24,25). The number of benzene rings is 2. The number of anilines is 3. The maximum absolute atomic E-state index is 13.7. The minimum absolute atomic E-state index is 0.0568. The van der Waals surface area contributed by atoms with Crippen LogP contribution in [0.1, 0.15) is 20.8 Å². The van der Waals surface area contributed by atoms with Crippen LogP contribution in [0.25, 0.3) is 0 Å². The molecule has 26 heavy (non-hydrogen) atoms. The summed E-state index contributed by atoms with van der Waals surface area (Å²) < 4.78 is 13.7. The minimum Gasteiger partial charge on any atom is -0.376 e. The van der Waals surface area contributed by atoms with Gasteiger partial charge in [0.15, 0.2) is 0 Å². The summed E-state index contributed by atoms with van der Waals surface area (Å²) in [5, 5.41) is 8.48. The lowest BCUT2D eigenvalue weighted by Crippen LogP contribution is -2.27. The van der Waals surface area contributed by atoms with Crippen molar-refractivity contribution < 1.29 is 14.0 Å². The van der Waals surface area contributed by atoms with Crippen molar-refractivity contribution in [3.8, 4) is 0 Å². The summed E-state index contributed by atoms with van der Waals surface area (Å²) in [5.74, 6) is -1.11. The summed E-state index contributed by atoms with van der Waals surface area (Å²) in [6.07, 6.45) is 0. The van der Waals surface area contributed by atoms with Gasteiger partial charge in [-0.2, -0.15) is 0 Å². The quantitative estimate of drug-likeness (QED) is 0.717. The lowest BCUT2D eigenvalue weighted by Gasteiger charge is -2.18. The van der Waals surface area contributed by atoms with Crippen LogP contribution in [-0.4, -0.2) is 18.4 Å². The lowest BCUT2D eigenvalue weighted by atomic mass is 9.95. The molecule has 0 aliphatic rings. The first kappa shape index (κ1) is 19.7. The summed E-state index contributed by atoms with van der Waals surface area (Å²) >= 11 is 5.68. The number of rotatable bonds is 5. The van der Waals surface area contributed by atoms with Crippen LogP contribution in [0.5, 0.6) is 0 Å². The highest BCUT2D eigenvalue weighted by molar-refractivity contribution is 6.30. The van der Waals surface area contributed by atoms with Crippen molar-refractivity contribution >= 4 is 40.5 Å². The van der Waals surface area contributed by atoms with Crippen LogP contribution in [0.2, 0.25) is 5.02 Å². The van der Waals surface area contributed by atoms with Gasteiger partial charge in [-0.15, -0.1) is 0 Å². The summed E-state index contributed by atoms with van der Waals surface area (Å²) in [5.41, 5.74) is 0.835. The molecule has 0 saturated carbocycles. The van der Waals surface area contributed by atoms with E-state index < -0.39 is 17.1 Å². The molecule has 0 bridgehead atoms. The number of hydrogen-bond acceptors (Lipinski definition) is 3. The van der Waals surface area contributed by atoms with Crippen LogP contribution >= 0.6 is 11.6 Å². The Labute approximate surface area is 156 Å². The van der Waals surface area contributed by atoms with Gasteiger partial charge >= 0.3 is 0 Å². The second-order valence-electron chi connectivity index (χ2n) is 6.81. The molecule has 138 valence electrons. The minimum atomic E-state index is -0.599. The average Bonchev–Trinajstić information content (AvgIpc) is 2.55. The van der Waals surface area contributed by atoms with E-state index in [2.05, 4.69) is 16.0 Å². The van der Waals surface area contributed by atoms with E-state index in [9.17, 15) is 14.0 Å². The molecule has 2 aromatic rings. The Morgan fingerprint density at radius 1 is 1.04 bits per heavy atom. The van der Waals surface area contributed by atoms with Gasteiger partial charge < -0.3 is 16.0 Å². The van der Waals surface area contributed by atoms with Crippen LogP contribution in [0.15, 0.2) is 42.5 Å². The van der Waals surface area contributed by atoms with Crippen LogP contribution in [-0.2, 0) is 9.59 Å². The monoisotopic (exact) mass is 377 g/mol. The Morgan fingerprint density at radius 2 is 1.73 bits per heavy atom. The van der Waals surface area contributed by atoms with Crippen molar-refractivity contribution in [2.24, 2.45) is 5.41 Å². The fraction of sp³-hybridized carbons (Fsp3) is 0.263. The molecule has 0 aliphatic heterocycles. The zero-order valence-electron chi connectivity index (χ0n) is 14.8. The van der Waals surface area contributed by atoms with E-state index in [1.54, 1.807) is 24.3 Å². The Morgan fingerprint density at radius 3 is 2.38 bits per heavy atom. The Kier molecular flexibility index (Phi) is 6.21. The van der Waals surface area contributed by atoms with Gasteiger partial charge in [0.2, 0.25) is 11.8 Å². The van der Waals surface area contributed by atoms with Crippen LogP contribution in [0, 0.1) is 11.2 Å². The molecular formula is C19H21ClFN3O2. The van der Waals surface area contributed by atoms with E-state index in [1.165, 1.54) is 12.1 Å². The number of nitrogens with one attached hydrogen (secondary N) is 3. The largest absolute Gasteiger partial charge is 0.376 e. The zero-order chi connectivity index (χ0) is 19.3. The summed E-state index contributed by atoms with van der Waals surface area (Å²) in [6, 6.07) is 11.0. The molecule has 0 atom stereocenters. The first-order chi connectivity index (χ1) is 12.1. The normalized spacial score (nSPS) is 11.0. The lowest BCUT2D eigenvalue weighted by molar-refractivity contribution is -0.123.